The van der Waals surface area contributed by atoms with Gasteiger partial charge >= 0.3 is 0 Å². The van der Waals surface area contributed by atoms with Crippen LogP contribution in [-0.4, -0.2) is 13.2 Å². The number of rotatable bonds is 0. The number of hydrogen-bond acceptors (Lipinski definition) is 2. The average molecular weight is 128 g/mol. The molecule has 0 aromatic heterocycles. The Kier molecular flexibility index (Phi) is 1.65. The van der Waals surface area contributed by atoms with Gasteiger partial charge in [0.2, 0.25) is 0 Å². The molecule has 0 spiro atoms. The van der Waals surface area contributed by atoms with Crippen molar-refractivity contribution in [2.24, 2.45) is 5.41 Å². The molecule has 0 amide bonds. The largest absolute Gasteiger partial charge is 0.497 e. The molecule has 0 N–H and O–H groups in total. The Morgan fingerprint density at radius 2 is 1.56 bits per heavy atom. The molecule has 0 aromatic rings. The van der Waals surface area contributed by atoms with Crippen LogP contribution in [0.15, 0.2) is 12.5 Å². The van der Waals surface area contributed by atoms with Crippen molar-refractivity contribution in [1.29, 1.82) is 0 Å². The molecule has 0 radical (unpaired) electrons. The van der Waals surface area contributed by atoms with Crippen molar-refractivity contribution in [3.05, 3.63) is 12.5 Å². The topological polar surface area (TPSA) is 18.5 Å². The molecule has 1 rings (SSSR count). The lowest BCUT2D eigenvalue weighted by Crippen LogP contribution is -2.21. The Morgan fingerprint density at radius 1 is 1.11 bits per heavy atom. The van der Waals surface area contributed by atoms with Gasteiger partial charge < -0.3 is 9.47 Å². The van der Waals surface area contributed by atoms with Gasteiger partial charge in [0.05, 0.1) is 13.2 Å². The minimum atomic E-state index is 0.156. The van der Waals surface area contributed by atoms with Crippen molar-refractivity contribution >= 4 is 0 Å². The van der Waals surface area contributed by atoms with E-state index in [1.807, 2.05) is 0 Å². The van der Waals surface area contributed by atoms with Gasteiger partial charge in [-0.3, -0.25) is 0 Å². The fourth-order valence-corrected chi connectivity index (χ4v) is 0.668. The standard InChI is InChI=1S/C7H12O2/c1-7(2)5-8-3-4-9-6-7/h3-4H,5-6H2,1-2H3. The van der Waals surface area contributed by atoms with Crippen LogP contribution in [0.5, 0.6) is 0 Å². The van der Waals surface area contributed by atoms with E-state index in [1.54, 1.807) is 12.5 Å². The van der Waals surface area contributed by atoms with Crippen LogP contribution < -0.4 is 0 Å². The van der Waals surface area contributed by atoms with Gasteiger partial charge in [0.25, 0.3) is 0 Å². The summed E-state index contributed by atoms with van der Waals surface area (Å²) in [5.41, 5.74) is 0.156. The molecule has 9 heavy (non-hydrogen) atoms. The molecule has 0 aromatic carbocycles. The first-order valence-electron chi connectivity index (χ1n) is 3.09. The monoisotopic (exact) mass is 128 g/mol. The lowest BCUT2D eigenvalue weighted by Gasteiger charge is -2.19. The van der Waals surface area contributed by atoms with Crippen LogP contribution in [-0.2, 0) is 9.47 Å². The van der Waals surface area contributed by atoms with E-state index in [4.69, 9.17) is 9.47 Å². The molecule has 0 saturated carbocycles. The summed E-state index contributed by atoms with van der Waals surface area (Å²) in [6.07, 6.45) is 3.18. The van der Waals surface area contributed by atoms with Gasteiger partial charge in [-0.2, -0.15) is 0 Å². The average Bonchev–Trinajstić information content (AvgIpc) is 1.92. The van der Waals surface area contributed by atoms with Crippen LogP contribution in [0, 0.1) is 5.41 Å². The van der Waals surface area contributed by atoms with Crippen molar-refractivity contribution in [1.82, 2.24) is 0 Å². The van der Waals surface area contributed by atoms with E-state index >= 15 is 0 Å². The summed E-state index contributed by atoms with van der Waals surface area (Å²) in [5.74, 6) is 0. The van der Waals surface area contributed by atoms with Crippen molar-refractivity contribution in [3.8, 4) is 0 Å². The van der Waals surface area contributed by atoms with Gasteiger partial charge in [0, 0.05) is 5.41 Å². The third-order valence-corrected chi connectivity index (χ3v) is 1.20. The highest BCUT2D eigenvalue weighted by Gasteiger charge is 2.19. The fourth-order valence-electron chi connectivity index (χ4n) is 0.668. The Balaban J connectivity index is 2.44. The van der Waals surface area contributed by atoms with E-state index in [0.29, 0.717) is 0 Å². The van der Waals surface area contributed by atoms with Gasteiger partial charge in [0.1, 0.15) is 12.5 Å². The second-order valence-corrected chi connectivity index (χ2v) is 3.06. The maximum atomic E-state index is 5.10. The SMILES string of the molecule is CC1(C)COC=COC1. The molecular formula is C7H12O2. The van der Waals surface area contributed by atoms with Crippen molar-refractivity contribution in [3.63, 3.8) is 0 Å². The summed E-state index contributed by atoms with van der Waals surface area (Å²) in [7, 11) is 0. The third kappa shape index (κ3) is 1.96. The van der Waals surface area contributed by atoms with Crippen LogP contribution >= 0.6 is 0 Å². The summed E-state index contributed by atoms with van der Waals surface area (Å²) in [4.78, 5) is 0. The molecular weight excluding hydrogens is 116 g/mol. The lowest BCUT2D eigenvalue weighted by molar-refractivity contribution is 0.0943. The van der Waals surface area contributed by atoms with Gasteiger partial charge in [-0.25, -0.2) is 0 Å². The minimum Gasteiger partial charge on any atom is -0.497 e. The molecule has 2 heteroatoms. The highest BCUT2D eigenvalue weighted by molar-refractivity contribution is 4.75. The summed E-state index contributed by atoms with van der Waals surface area (Å²) < 4.78 is 10.2. The summed E-state index contributed by atoms with van der Waals surface area (Å²) >= 11 is 0. The molecule has 0 aliphatic carbocycles. The molecule has 2 nitrogen and oxygen atoms in total. The van der Waals surface area contributed by atoms with Gasteiger partial charge in [0.15, 0.2) is 0 Å². The van der Waals surface area contributed by atoms with Crippen molar-refractivity contribution < 1.29 is 9.47 Å². The molecule has 0 atom stereocenters. The second kappa shape index (κ2) is 2.29. The first-order valence-corrected chi connectivity index (χ1v) is 3.09. The smallest absolute Gasteiger partial charge is 0.117 e. The highest BCUT2D eigenvalue weighted by atomic mass is 16.5. The van der Waals surface area contributed by atoms with E-state index in [-0.39, 0.29) is 5.41 Å². The Labute approximate surface area is 55.5 Å². The van der Waals surface area contributed by atoms with Crippen LogP contribution in [0.1, 0.15) is 13.8 Å². The van der Waals surface area contributed by atoms with Gasteiger partial charge in [-0.15, -0.1) is 0 Å². The zero-order valence-corrected chi connectivity index (χ0v) is 5.89. The lowest BCUT2D eigenvalue weighted by atomic mass is 9.97. The molecule has 0 fully saturated rings. The zero-order valence-electron chi connectivity index (χ0n) is 5.89. The second-order valence-electron chi connectivity index (χ2n) is 3.06. The molecule has 0 saturated heterocycles. The molecule has 1 heterocycles. The number of hydrogen-bond donors (Lipinski definition) is 0. The van der Waals surface area contributed by atoms with Crippen molar-refractivity contribution in [2.45, 2.75) is 13.8 Å². The molecule has 1 aliphatic rings. The maximum absolute atomic E-state index is 5.10. The van der Waals surface area contributed by atoms with E-state index < -0.39 is 0 Å². The number of ether oxygens (including phenoxy) is 2. The molecule has 1 aliphatic heterocycles. The van der Waals surface area contributed by atoms with Gasteiger partial charge in [-0.05, 0) is 0 Å². The summed E-state index contributed by atoms with van der Waals surface area (Å²) in [5, 5.41) is 0. The molecule has 52 valence electrons. The van der Waals surface area contributed by atoms with E-state index in [1.165, 1.54) is 0 Å². The highest BCUT2D eigenvalue weighted by Crippen LogP contribution is 2.17. The third-order valence-electron chi connectivity index (χ3n) is 1.20. The Bertz CT molecular complexity index is 104. The summed E-state index contributed by atoms with van der Waals surface area (Å²) in [6.45, 7) is 5.70. The quantitative estimate of drug-likeness (QED) is 0.492. The Hall–Kier alpha value is -0.660. The minimum absolute atomic E-state index is 0.156. The van der Waals surface area contributed by atoms with E-state index in [2.05, 4.69) is 13.8 Å². The van der Waals surface area contributed by atoms with Crippen molar-refractivity contribution in [2.75, 3.05) is 13.2 Å². The predicted octanol–water partition coefficient (Wildman–Crippen LogP) is 1.53. The van der Waals surface area contributed by atoms with E-state index in [0.717, 1.165) is 13.2 Å². The van der Waals surface area contributed by atoms with Crippen LogP contribution in [0.25, 0.3) is 0 Å². The fraction of sp³-hybridized carbons (Fsp3) is 0.714. The van der Waals surface area contributed by atoms with Gasteiger partial charge in [-0.1, -0.05) is 13.8 Å². The van der Waals surface area contributed by atoms with Crippen LogP contribution in [0.4, 0.5) is 0 Å². The van der Waals surface area contributed by atoms with Crippen LogP contribution in [0.2, 0.25) is 0 Å². The zero-order chi connectivity index (χ0) is 6.74. The van der Waals surface area contributed by atoms with Crippen LogP contribution in [0.3, 0.4) is 0 Å². The Morgan fingerprint density at radius 3 is 2.00 bits per heavy atom. The molecule has 0 bridgehead atoms. The maximum Gasteiger partial charge on any atom is 0.117 e. The summed E-state index contributed by atoms with van der Waals surface area (Å²) in [6, 6.07) is 0. The predicted molar refractivity (Wildman–Crippen MR) is 34.8 cm³/mol. The van der Waals surface area contributed by atoms with E-state index in [9.17, 15) is 0 Å². The first-order chi connectivity index (χ1) is 4.21. The normalized spacial score (nSPS) is 23.8. The first kappa shape index (κ1) is 6.46. The molecule has 0 unspecified atom stereocenters.